The second-order valence-electron chi connectivity index (χ2n) is 11.8. The first kappa shape index (κ1) is 36.6. The van der Waals surface area contributed by atoms with Gasteiger partial charge in [-0.05, 0) is 38.6 Å². The molecule has 48 heavy (non-hydrogen) atoms. The third-order valence-corrected chi connectivity index (χ3v) is 9.80. The van der Waals surface area contributed by atoms with Crippen molar-refractivity contribution in [3.05, 3.63) is 17.6 Å². The normalized spacial score (nSPS) is 26.4. The highest BCUT2D eigenvalue weighted by molar-refractivity contribution is 7.99. The number of aliphatic hydroxyl groups is 2. The Bertz CT molecular complexity index is 1570. The molecule has 5 heterocycles. The van der Waals surface area contributed by atoms with Crippen LogP contribution in [0.1, 0.15) is 33.6 Å². The van der Waals surface area contributed by atoms with Gasteiger partial charge in [-0.3, -0.25) is 33.6 Å². The van der Waals surface area contributed by atoms with E-state index in [0.717, 1.165) is 15.0 Å². The summed E-state index contributed by atoms with van der Waals surface area (Å²) in [6.07, 6.45) is -1.66. The number of nitrogens with zero attached hydrogens (tertiary/aromatic N) is 2. The maximum atomic E-state index is 14.0. The summed E-state index contributed by atoms with van der Waals surface area (Å²) in [5.41, 5.74) is 0. The SMILES string of the molecule is C[C@@H]1NC(=O)[C@H](CCC(=O)O)NC(=O)[C@H]2Cn3cc4sccc4c3SC[C@H](NC(=O)[C@@H]([C@H](C)O)NC1=O)C(=O)N(C[C@@H](C)O)CC(=O)N2. The van der Waals surface area contributed by atoms with Gasteiger partial charge in [0, 0.05) is 30.3 Å². The van der Waals surface area contributed by atoms with E-state index in [-0.39, 0.29) is 25.3 Å². The predicted molar refractivity (Wildman–Crippen MR) is 173 cm³/mol. The van der Waals surface area contributed by atoms with Crippen LogP contribution in [-0.4, -0.2) is 127 Å². The largest absolute Gasteiger partial charge is 0.481 e. The lowest BCUT2D eigenvalue weighted by molar-refractivity contribution is -0.142. The van der Waals surface area contributed by atoms with Crippen molar-refractivity contribution in [1.82, 2.24) is 36.1 Å². The van der Waals surface area contributed by atoms with Crippen molar-refractivity contribution in [3.63, 3.8) is 0 Å². The summed E-state index contributed by atoms with van der Waals surface area (Å²) in [5, 5.41) is 45.7. The fourth-order valence-corrected chi connectivity index (χ4v) is 7.37. The molecule has 2 bridgehead atoms. The highest BCUT2D eigenvalue weighted by Crippen LogP contribution is 2.34. The number of fused-ring (bicyclic) bond motifs is 16. The van der Waals surface area contributed by atoms with Gasteiger partial charge in [0.25, 0.3) is 0 Å². The molecule has 5 rings (SSSR count). The number of aromatic nitrogens is 1. The van der Waals surface area contributed by atoms with Gasteiger partial charge in [-0.25, -0.2) is 0 Å². The minimum Gasteiger partial charge on any atom is -0.481 e. The van der Waals surface area contributed by atoms with Crippen molar-refractivity contribution in [2.45, 2.75) is 87.6 Å². The molecule has 3 aliphatic heterocycles. The minimum absolute atomic E-state index is 0.0709. The molecule has 8 N–H and O–H groups in total. The number of thioether (sulfide) groups is 1. The van der Waals surface area contributed by atoms with Crippen LogP contribution in [0.15, 0.2) is 22.7 Å². The molecule has 0 spiro atoms. The number of carboxylic acid groups (broad SMARTS) is 1. The van der Waals surface area contributed by atoms with Crippen LogP contribution < -0.4 is 26.6 Å². The van der Waals surface area contributed by atoms with Crippen LogP contribution in [0, 0.1) is 0 Å². The number of nitrogens with one attached hydrogen (secondary N) is 5. The molecular formula is C29H39N7O10S2. The van der Waals surface area contributed by atoms with E-state index in [0.29, 0.717) is 5.03 Å². The minimum atomic E-state index is -1.58. The first-order chi connectivity index (χ1) is 22.6. The summed E-state index contributed by atoms with van der Waals surface area (Å²) in [4.78, 5) is 93.6. The number of thiophene rings is 1. The first-order valence-corrected chi connectivity index (χ1v) is 17.1. The Labute approximate surface area is 283 Å². The summed E-state index contributed by atoms with van der Waals surface area (Å²) in [6, 6.07) is -5.12. The van der Waals surface area contributed by atoms with Crippen molar-refractivity contribution >= 4 is 74.6 Å². The maximum Gasteiger partial charge on any atom is 0.303 e. The zero-order chi connectivity index (χ0) is 35.3. The topological polar surface area (TPSA) is 248 Å². The van der Waals surface area contributed by atoms with Crippen molar-refractivity contribution in [1.29, 1.82) is 0 Å². The van der Waals surface area contributed by atoms with Gasteiger partial charge in [-0.2, -0.15) is 0 Å². The van der Waals surface area contributed by atoms with E-state index in [1.54, 1.807) is 10.8 Å². The average Bonchev–Trinajstić information content (AvgIpc) is 3.58. The highest BCUT2D eigenvalue weighted by Gasteiger charge is 2.37. The molecule has 6 amide bonds. The summed E-state index contributed by atoms with van der Waals surface area (Å²) >= 11 is 2.60. The van der Waals surface area contributed by atoms with Gasteiger partial charge < -0.3 is 51.4 Å². The van der Waals surface area contributed by atoms with Gasteiger partial charge in [0.2, 0.25) is 35.4 Å². The molecule has 262 valence electrons. The Kier molecular flexibility index (Phi) is 12.1. The molecule has 3 aliphatic rings. The van der Waals surface area contributed by atoms with Gasteiger partial charge in [0.05, 0.1) is 35.0 Å². The van der Waals surface area contributed by atoms with Crippen LogP contribution in [0.2, 0.25) is 0 Å². The third kappa shape index (κ3) is 9.03. The van der Waals surface area contributed by atoms with Crippen molar-refractivity contribution in [2.75, 3.05) is 18.8 Å². The number of hydrogen-bond donors (Lipinski definition) is 8. The lowest BCUT2D eigenvalue weighted by Crippen LogP contribution is -2.62. The molecular weight excluding hydrogens is 670 g/mol. The second-order valence-corrected chi connectivity index (χ2v) is 13.8. The summed E-state index contributed by atoms with van der Waals surface area (Å²) in [5.74, 6) is -6.37. The molecule has 0 aromatic carbocycles. The van der Waals surface area contributed by atoms with E-state index in [2.05, 4.69) is 26.6 Å². The second kappa shape index (κ2) is 15.8. The Balaban J connectivity index is 1.86. The number of hydrogen-bond acceptors (Lipinski definition) is 11. The van der Waals surface area contributed by atoms with Crippen molar-refractivity contribution in [3.8, 4) is 0 Å². The van der Waals surface area contributed by atoms with Gasteiger partial charge in [0.15, 0.2) is 0 Å². The molecule has 0 radical (unpaired) electrons. The number of carbonyl (C=O) groups is 7. The summed E-state index contributed by atoms with van der Waals surface area (Å²) < 4.78 is 2.54. The number of amides is 6. The van der Waals surface area contributed by atoms with Crippen LogP contribution in [0.4, 0.5) is 0 Å². The fraction of sp³-hybridized carbons (Fsp3) is 0.552. The zero-order valence-corrected chi connectivity index (χ0v) is 28.1. The lowest BCUT2D eigenvalue weighted by Gasteiger charge is -2.32. The first-order valence-electron chi connectivity index (χ1n) is 15.2. The molecule has 0 saturated carbocycles. The molecule has 0 aliphatic carbocycles. The number of carbonyl (C=O) groups excluding carboxylic acids is 6. The molecule has 0 unspecified atom stereocenters. The highest BCUT2D eigenvalue weighted by atomic mass is 32.2. The molecule has 17 nitrogen and oxygen atoms in total. The smallest absolute Gasteiger partial charge is 0.303 e. The van der Waals surface area contributed by atoms with Gasteiger partial charge in [0.1, 0.15) is 30.2 Å². The number of aliphatic hydroxyl groups excluding tert-OH is 2. The van der Waals surface area contributed by atoms with Gasteiger partial charge >= 0.3 is 5.97 Å². The standard InChI is InChI=1S/C29H39N7O10S2/c1-13(37)8-35-11-21(39)31-18-9-36-10-20-16(6-7-47-20)29(36)48-12-19(28(35)46)33-27(45)23(15(3)38)34-24(42)14(2)30-25(43)17(32-26(18)44)4-5-22(40)41/h6-7,10,13-15,17-19,23,37-38H,4-5,8-9,11-12H2,1-3H3,(H,30,43)(H,31,39)(H,32,44)(H,33,45)(H,34,42)(H,40,41)/t13-,14+,15+,17+,18-,19+,23-/m1/s1. The zero-order valence-electron chi connectivity index (χ0n) is 26.4. The third-order valence-electron chi connectivity index (χ3n) is 7.72. The molecule has 1 saturated heterocycles. The molecule has 19 heteroatoms. The Morgan fingerprint density at radius 1 is 0.958 bits per heavy atom. The predicted octanol–water partition coefficient (Wildman–Crippen LogP) is -2.28. The van der Waals surface area contributed by atoms with E-state index < -0.39 is 96.8 Å². The molecule has 7 atom stereocenters. The van der Waals surface area contributed by atoms with Crippen LogP contribution in [0.25, 0.3) is 10.1 Å². The number of rotatable bonds is 6. The Hall–Kier alpha value is -4.20. The Morgan fingerprint density at radius 2 is 1.69 bits per heavy atom. The summed E-state index contributed by atoms with van der Waals surface area (Å²) in [6.45, 7) is 2.89. The van der Waals surface area contributed by atoms with Crippen LogP contribution in [-0.2, 0) is 40.1 Å². The Morgan fingerprint density at radius 3 is 2.35 bits per heavy atom. The quantitative estimate of drug-likeness (QED) is 0.149. The van der Waals surface area contributed by atoms with Crippen LogP contribution in [0.5, 0.6) is 0 Å². The molecule has 1 fully saturated rings. The van der Waals surface area contributed by atoms with Crippen molar-refractivity contribution in [2.24, 2.45) is 0 Å². The van der Waals surface area contributed by atoms with Gasteiger partial charge in [-0.1, -0.05) is 0 Å². The average molecular weight is 710 g/mol. The number of carboxylic acids is 1. The van der Waals surface area contributed by atoms with Crippen molar-refractivity contribution < 1.29 is 48.9 Å². The maximum absolute atomic E-state index is 14.0. The van der Waals surface area contributed by atoms with E-state index in [1.807, 2.05) is 11.4 Å². The number of aliphatic carboxylic acids is 1. The molecule has 2 aromatic rings. The monoisotopic (exact) mass is 709 g/mol. The summed E-state index contributed by atoms with van der Waals surface area (Å²) in [7, 11) is 0. The van der Waals surface area contributed by atoms with E-state index >= 15 is 0 Å². The fourth-order valence-electron chi connectivity index (χ4n) is 5.30. The van der Waals surface area contributed by atoms with Crippen LogP contribution >= 0.6 is 23.1 Å². The lowest BCUT2D eigenvalue weighted by atomic mass is 10.1. The van der Waals surface area contributed by atoms with E-state index in [4.69, 9.17) is 0 Å². The van der Waals surface area contributed by atoms with Gasteiger partial charge in [-0.15, -0.1) is 23.1 Å². The van der Waals surface area contributed by atoms with E-state index in [9.17, 15) is 48.9 Å². The molecule has 2 aromatic heterocycles. The van der Waals surface area contributed by atoms with E-state index in [1.165, 1.54) is 43.9 Å². The van der Waals surface area contributed by atoms with Crippen LogP contribution in [0.3, 0.4) is 0 Å².